The Hall–Kier alpha value is -4.01. The molecule has 0 unspecified atom stereocenters. The molecular weight excluding hydrogens is 546 g/mol. The summed E-state index contributed by atoms with van der Waals surface area (Å²) in [5.41, 5.74) is 0.317. The number of nitrogens with zero attached hydrogens (tertiary/aromatic N) is 1. The summed E-state index contributed by atoms with van der Waals surface area (Å²) in [6, 6.07) is 15.9. The van der Waals surface area contributed by atoms with Crippen LogP contribution >= 0.6 is 0 Å². The van der Waals surface area contributed by atoms with Gasteiger partial charge in [0.15, 0.2) is 0 Å². The highest BCUT2D eigenvalue weighted by molar-refractivity contribution is 5.94. The number of H-pyrrole nitrogens is 1. The fraction of sp³-hybridized carbons (Fsp3) is 0.500. The number of carboxylic acid groups (broad SMARTS) is 1. The van der Waals surface area contributed by atoms with E-state index in [0.29, 0.717) is 17.6 Å². The lowest BCUT2D eigenvalue weighted by Crippen LogP contribution is -2.61. The number of rotatable bonds is 8. The zero-order chi connectivity index (χ0) is 29.7. The minimum Gasteiger partial charge on any atom is -0.488 e. The van der Waals surface area contributed by atoms with Crippen LogP contribution in [0.2, 0.25) is 0 Å². The molecule has 2 heterocycles. The van der Waals surface area contributed by atoms with E-state index in [9.17, 15) is 19.5 Å². The molecule has 9 nitrogen and oxygen atoms in total. The smallest absolute Gasteiger partial charge is 0.408 e. The zero-order valence-corrected chi connectivity index (χ0v) is 24.4. The van der Waals surface area contributed by atoms with Crippen LogP contribution in [-0.4, -0.2) is 63.3 Å². The number of carbonyl (C=O) groups is 3. The summed E-state index contributed by atoms with van der Waals surface area (Å²) in [4.78, 5) is 45.1. The number of ether oxygens (including phenoxy) is 2. The van der Waals surface area contributed by atoms with E-state index < -0.39 is 35.7 Å². The van der Waals surface area contributed by atoms with Gasteiger partial charge in [-0.15, -0.1) is 0 Å². The average Bonchev–Trinajstić information content (AvgIpc) is 3.59. The number of hydrogen-bond acceptors (Lipinski definition) is 5. The minimum absolute atomic E-state index is 0.0977. The molecule has 4 aliphatic carbocycles. The fourth-order valence-electron chi connectivity index (χ4n) is 8.63. The number of fused-ring (bicyclic) bond motifs is 1. The normalized spacial score (nSPS) is 30.6. The number of carbonyl (C=O) groups excluding carboxylic acids is 2. The van der Waals surface area contributed by atoms with Gasteiger partial charge in [-0.1, -0.05) is 36.4 Å². The van der Waals surface area contributed by atoms with Gasteiger partial charge >= 0.3 is 12.1 Å². The van der Waals surface area contributed by atoms with Crippen LogP contribution in [0.4, 0.5) is 4.79 Å². The monoisotopic (exact) mass is 585 g/mol. The van der Waals surface area contributed by atoms with E-state index in [1.807, 2.05) is 60.8 Å². The molecule has 5 fully saturated rings. The summed E-state index contributed by atoms with van der Waals surface area (Å²) in [7, 11) is 0. The van der Waals surface area contributed by atoms with Crippen LogP contribution in [0.3, 0.4) is 0 Å². The summed E-state index contributed by atoms with van der Waals surface area (Å²) >= 11 is 0. The first-order valence-corrected chi connectivity index (χ1v) is 15.5. The lowest BCUT2D eigenvalue weighted by molar-refractivity contribution is -0.151. The van der Waals surface area contributed by atoms with Crippen LogP contribution in [0.25, 0.3) is 10.9 Å². The van der Waals surface area contributed by atoms with Crippen molar-refractivity contribution in [2.45, 2.75) is 75.7 Å². The molecule has 8 rings (SSSR count). The van der Waals surface area contributed by atoms with Gasteiger partial charge in [-0.3, -0.25) is 4.79 Å². The highest BCUT2D eigenvalue weighted by atomic mass is 16.6. The van der Waals surface area contributed by atoms with Crippen molar-refractivity contribution >= 4 is 28.9 Å². The number of nitrogens with one attached hydrogen (secondary N) is 2. The number of carboxylic acids is 1. The number of hydrogen-bond donors (Lipinski definition) is 3. The number of amides is 2. The highest BCUT2D eigenvalue weighted by Crippen LogP contribution is 2.54. The Morgan fingerprint density at radius 1 is 0.953 bits per heavy atom. The number of para-hydroxylation sites is 2. The first-order chi connectivity index (χ1) is 20.8. The summed E-state index contributed by atoms with van der Waals surface area (Å²) in [5, 5.41) is 14.0. The Bertz CT molecular complexity index is 1490. The van der Waals surface area contributed by atoms with Crippen molar-refractivity contribution in [1.82, 2.24) is 15.2 Å². The molecule has 1 saturated heterocycles. The average molecular weight is 586 g/mol. The summed E-state index contributed by atoms with van der Waals surface area (Å²) < 4.78 is 12.2. The van der Waals surface area contributed by atoms with E-state index >= 15 is 0 Å². The van der Waals surface area contributed by atoms with Crippen molar-refractivity contribution in [2.24, 2.45) is 23.7 Å². The lowest BCUT2D eigenvalue weighted by Gasteiger charge is -2.53. The molecule has 2 aromatic carbocycles. The van der Waals surface area contributed by atoms with Crippen LogP contribution < -0.4 is 10.1 Å². The van der Waals surface area contributed by atoms with Crippen molar-refractivity contribution in [3.05, 3.63) is 66.4 Å². The van der Waals surface area contributed by atoms with Gasteiger partial charge in [0, 0.05) is 29.9 Å². The molecule has 3 aromatic rings. The van der Waals surface area contributed by atoms with Crippen LogP contribution in [0.1, 0.15) is 51.0 Å². The SMILES string of the molecule is C[C@](Cc1c[nH]c2ccccc12)(NC(=O)OC1C2CC3CC(C2)CC1C3)C(=O)N1C[C@H](Oc2ccccc2)C[C@H]1C(=O)O. The van der Waals surface area contributed by atoms with Crippen molar-refractivity contribution < 1.29 is 29.0 Å². The fourth-order valence-corrected chi connectivity index (χ4v) is 8.63. The van der Waals surface area contributed by atoms with Crippen molar-refractivity contribution in [2.75, 3.05) is 6.54 Å². The molecule has 4 saturated carbocycles. The third kappa shape index (κ3) is 5.34. The number of aromatic amines is 1. The Balaban J connectivity index is 1.14. The van der Waals surface area contributed by atoms with E-state index in [1.54, 1.807) is 6.92 Å². The molecule has 4 bridgehead atoms. The third-order valence-corrected chi connectivity index (χ3v) is 10.3. The predicted octanol–water partition coefficient (Wildman–Crippen LogP) is 5.15. The van der Waals surface area contributed by atoms with Gasteiger partial charge in [0.2, 0.25) is 5.91 Å². The Labute approximate surface area is 250 Å². The van der Waals surface area contributed by atoms with Crippen LogP contribution in [0, 0.1) is 23.7 Å². The Morgan fingerprint density at radius 2 is 1.63 bits per heavy atom. The van der Waals surface area contributed by atoms with Gasteiger partial charge in [0.05, 0.1) is 6.54 Å². The molecule has 3 N–H and O–H groups in total. The first-order valence-electron chi connectivity index (χ1n) is 15.5. The molecule has 0 radical (unpaired) electrons. The maximum absolute atomic E-state index is 14.4. The predicted molar refractivity (Wildman–Crippen MR) is 159 cm³/mol. The van der Waals surface area contributed by atoms with Crippen molar-refractivity contribution in [3.8, 4) is 5.75 Å². The number of alkyl carbamates (subject to hydrolysis) is 1. The Kier molecular flexibility index (Phi) is 7.06. The molecule has 1 aliphatic heterocycles. The largest absolute Gasteiger partial charge is 0.488 e. The molecule has 0 spiro atoms. The number of likely N-dealkylation sites (tertiary alicyclic amines) is 1. The maximum Gasteiger partial charge on any atom is 0.408 e. The molecule has 43 heavy (non-hydrogen) atoms. The van der Waals surface area contributed by atoms with Gasteiger partial charge < -0.3 is 29.8 Å². The van der Waals surface area contributed by atoms with Crippen LogP contribution in [0.15, 0.2) is 60.8 Å². The summed E-state index contributed by atoms with van der Waals surface area (Å²) in [6.07, 6.45) is 6.64. The third-order valence-electron chi connectivity index (χ3n) is 10.3. The first kappa shape index (κ1) is 27.8. The van der Waals surface area contributed by atoms with Gasteiger partial charge in [-0.25, -0.2) is 9.59 Å². The molecule has 2 amide bonds. The quantitative estimate of drug-likeness (QED) is 0.336. The standard InChI is InChI=1S/C34H39N3O6/c1-34(17-24-18-35-28-10-6-5-9-27(24)28,36-33(41)43-30-22-12-20-11-21(14-22)15-23(30)13-20)32(40)37-19-26(16-29(37)31(38)39)42-25-7-3-2-4-8-25/h2-10,18,20-23,26,29-30,35H,11-17,19H2,1H3,(H,36,41)(H,38,39)/t20?,21?,22?,23?,26-,29+,30?,34-/m1/s1. The zero-order valence-electron chi connectivity index (χ0n) is 24.4. The van der Waals surface area contributed by atoms with E-state index in [2.05, 4.69) is 10.3 Å². The second kappa shape index (κ2) is 10.9. The second-order valence-electron chi connectivity index (χ2n) is 13.4. The van der Waals surface area contributed by atoms with Gasteiger partial charge in [0.1, 0.15) is 29.5 Å². The van der Waals surface area contributed by atoms with Crippen LogP contribution in [0.5, 0.6) is 5.75 Å². The van der Waals surface area contributed by atoms with E-state index in [-0.39, 0.29) is 25.5 Å². The maximum atomic E-state index is 14.4. The minimum atomic E-state index is -1.46. The number of aliphatic carboxylic acids is 1. The van der Waals surface area contributed by atoms with Gasteiger partial charge in [-0.2, -0.15) is 0 Å². The highest BCUT2D eigenvalue weighted by Gasteiger charge is 2.51. The van der Waals surface area contributed by atoms with E-state index in [4.69, 9.17) is 9.47 Å². The number of benzene rings is 2. The lowest BCUT2D eigenvalue weighted by atomic mass is 9.55. The molecule has 226 valence electrons. The van der Waals surface area contributed by atoms with E-state index in [1.165, 1.54) is 11.3 Å². The van der Waals surface area contributed by atoms with Crippen molar-refractivity contribution in [3.63, 3.8) is 0 Å². The topological polar surface area (TPSA) is 121 Å². The molecule has 5 aliphatic rings. The van der Waals surface area contributed by atoms with Crippen molar-refractivity contribution in [1.29, 1.82) is 0 Å². The molecule has 1 aromatic heterocycles. The Morgan fingerprint density at radius 3 is 2.33 bits per heavy atom. The second-order valence-corrected chi connectivity index (χ2v) is 13.4. The summed E-state index contributed by atoms with van der Waals surface area (Å²) in [5.74, 6) is 1.29. The summed E-state index contributed by atoms with van der Waals surface area (Å²) in [6.45, 7) is 1.78. The van der Waals surface area contributed by atoms with E-state index in [0.717, 1.165) is 54.0 Å². The van der Waals surface area contributed by atoms with Crippen LogP contribution in [-0.2, 0) is 20.7 Å². The molecular formula is C34H39N3O6. The molecule has 3 atom stereocenters. The van der Waals surface area contributed by atoms with Gasteiger partial charge in [-0.05, 0) is 86.5 Å². The molecule has 9 heteroatoms. The van der Waals surface area contributed by atoms with Gasteiger partial charge in [0.25, 0.3) is 0 Å². The number of aromatic nitrogens is 1.